The largest absolute Gasteiger partial charge is 0.330 e. The lowest BCUT2D eigenvalue weighted by Gasteiger charge is -2.00. The van der Waals surface area contributed by atoms with Crippen molar-refractivity contribution in [2.45, 2.75) is 6.42 Å². The van der Waals surface area contributed by atoms with Crippen molar-refractivity contribution in [3.63, 3.8) is 0 Å². The molecule has 0 atom stereocenters. The first kappa shape index (κ1) is 10.9. The fourth-order valence-electron chi connectivity index (χ4n) is 1.96. The van der Waals surface area contributed by atoms with Gasteiger partial charge in [0, 0.05) is 12.0 Å². The lowest BCUT2D eigenvalue weighted by Crippen LogP contribution is -2.02. The summed E-state index contributed by atoms with van der Waals surface area (Å²) in [5, 5.41) is 4.56. The van der Waals surface area contributed by atoms with Gasteiger partial charge in [-0.1, -0.05) is 30.3 Å². The minimum Gasteiger partial charge on any atom is -0.330 e. The van der Waals surface area contributed by atoms with E-state index in [-0.39, 0.29) is 0 Å². The van der Waals surface area contributed by atoms with E-state index in [1.807, 2.05) is 53.2 Å². The van der Waals surface area contributed by atoms with Gasteiger partial charge < -0.3 is 5.73 Å². The van der Waals surface area contributed by atoms with Gasteiger partial charge in [0.05, 0.1) is 17.6 Å². The SMILES string of the molecule is NCCc1cn2nc(-c3ccccc3)ccc2n1. The second-order valence-corrected chi connectivity index (χ2v) is 4.16. The van der Waals surface area contributed by atoms with E-state index in [0.29, 0.717) is 6.54 Å². The van der Waals surface area contributed by atoms with E-state index in [1.165, 1.54) is 0 Å². The summed E-state index contributed by atoms with van der Waals surface area (Å²) in [7, 11) is 0. The zero-order valence-electron chi connectivity index (χ0n) is 9.95. The van der Waals surface area contributed by atoms with Crippen LogP contribution < -0.4 is 5.73 Å². The first-order valence-electron chi connectivity index (χ1n) is 5.97. The molecule has 0 aliphatic carbocycles. The number of aromatic nitrogens is 3. The van der Waals surface area contributed by atoms with E-state index in [1.54, 1.807) is 0 Å². The van der Waals surface area contributed by atoms with Gasteiger partial charge in [-0.25, -0.2) is 9.50 Å². The Morgan fingerprint density at radius 1 is 1.06 bits per heavy atom. The summed E-state index contributed by atoms with van der Waals surface area (Å²) in [5.41, 5.74) is 9.42. The normalized spacial score (nSPS) is 10.9. The molecule has 18 heavy (non-hydrogen) atoms. The van der Waals surface area contributed by atoms with Crippen LogP contribution in [-0.2, 0) is 6.42 Å². The van der Waals surface area contributed by atoms with Gasteiger partial charge in [0.2, 0.25) is 0 Å². The number of benzene rings is 1. The molecule has 0 aliphatic heterocycles. The molecule has 2 heterocycles. The topological polar surface area (TPSA) is 56.2 Å². The lowest BCUT2D eigenvalue weighted by atomic mass is 10.1. The van der Waals surface area contributed by atoms with Crippen molar-refractivity contribution in [2.24, 2.45) is 5.73 Å². The second-order valence-electron chi connectivity index (χ2n) is 4.16. The minimum absolute atomic E-state index is 0.607. The average Bonchev–Trinajstić information content (AvgIpc) is 2.81. The molecule has 2 N–H and O–H groups in total. The summed E-state index contributed by atoms with van der Waals surface area (Å²) >= 11 is 0. The molecule has 90 valence electrons. The van der Waals surface area contributed by atoms with Crippen LogP contribution in [0.1, 0.15) is 5.69 Å². The van der Waals surface area contributed by atoms with Crippen molar-refractivity contribution >= 4 is 5.65 Å². The van der Waals surface area contributed by atoms with Crippen LogP contribution in [0.15, 0.2) is 48.7 Å². The summed E-state index contributed by atoms with van der Waals surface area (Å²) in [4.78, 5) is 4.46. The smallest absolute Gasteiger partial charge is 0.153 e. The van der Waals surface area contributed by atoms with E-state index >= 15 is 0 Å². The Bertz CT molecular complexity index is 658. The molecule has 0 unspecified atom stereocenters. The highest BCUT2D eigenvalue weighted by molar-refractivity contribution is 5.60. The summed E-state index contributed by atoms with van der Waals surface area (Å²) in [6.07, 6.45) is 2.72. The Morgan fingerprint density at radius 3 is 2.67 bits per heavy atom. The molecule has 0 aliphatic rings. The Balaban J connectivity index is 2.05. The molecule has 0 saturated carbocycles. The maximum absolute atomic E-state index is 5.53. The van der Waals surface area contributed by atoms with Crippen LogP contribution in [0.25, 0.3) is 16.9 Å². The molecule has 0 saturated heterocycles. The van der Waals surface area contributed by atoms with Crippen LogP contribution in [0.3, 0.4) is 0 Å². The third kappa shape index (κ3) is 1.98. The van der Waals surface area contributed by atoms with E-state index in [4.69, 9.17) is 5.73 Å². The predicted molar refractivity (Wildman–Crippen MR) is 71.2 cm³/mol. The molecule has 0 fully saturated rings. The van der Waals surface area contributed by atoms with Crippen LogP contribution in [-0.4, -0.2) is 21.1 Å². The van der Waals surface area contributed by atoms with Crippen LogP contribution in [0, 0.1) is 0 Å². The van der Waals surface area contributed by atoms with Gasteiger partial charge in [-0.15, -0.1) is 0 Å². The maximum atomic E-state index is 5.53. The molecular formula is C14H14N4. The number of fused-ring (bicyclic) bond motifs is 1. The summed E-state index contributed by atoms with van der Waals surface area (Å²) in [6, 6.07) is 14.1. The van der Waals surface area contributed by atoms with Crippen LogP contribution in [0.5, 0.6) is 0 Å². The number of hydrogen-bond donors (Lipinski definition) is 1. The van der Waals surface area contributed by atoms with E-state index in [0.717, 1.165) is 29.0 Å². The quantitative estimate of drug-likeness (QED) is 0.758. The van der Waals surface area contributed by atoms with Crippen molar-refractivity contribution in [1.29, 1.82) is 0 Å². The number of rotatable bonds is 3. The second kappa shape index (κ2) is 4.58. The van der Waals surface area contributed by atoms with Crippen molar-refractivity contribution < 1.29 is 0 Å². The molecule has 3 aromatic rings. The molecule has 0 bridgehead atoms. The molecule has 1 aromatic carbocycles. The van der Waals surface area contributed by atoms with E-state index < -0.39 is 0 Å². The molecular weight excluding hydrogens is 224 g/mol. The Kier molecular flexibility index (Phi) is 2.78. The van der Waals surface area contributed by atoms with Crippen molar-refractivity contribution in [2.75, 3.05) is 6.54 Å². The highest BCUT2D eigenvalue weighted by Crippen LogP contribution is 2.16. The summed E-state index contributed by atoms with van der Waals surface area (Å²) < 4.78 is 1.81. The van der Waals surface area contributed by atoms with Gasteiger partial charge in [-0.05, 0) is 18.7 Å². The standard InChI is InChI=1S/C14H14N4/c15-9-8-12-10-18-14(16-12)7-6-13(17-18)11-4-2-1-3-5-11/h1-7,10H,8-9,15H2. The highest BCUT2D eigenvalue weighted by atomic mass is 15.2. The van der Waals surface area contributed by atoms with E-state index in [9.17, 15) is 0 Å². The average molecular weight is 238 g/mol. The zero-order chi connectivity index (χ0) is 12.4. The third-order valence-corrected chi connectivity index (χ3v) is 2.84. The summed E-state index contributed by atoms with van der Waals surface area (Å²) in [6.45, 7) is 0.607. The van der Waals surface area contributed by atoms with Crippen LogP contribution >= 0.6 is 0 Å². The van der Waals surface area contributed by atoms with E-state index in [2.05, 4.69) is 10.1 Å². The number of nitrogens with zero attached hydrogens (tertiary/aromatic N) is 3. The number of nitrogens with two attached hydrogens (primary N) is 1. The number of hydrogen-bond acceptors (Lipinski definition) is 3. The molecule has 2 aromatic heterocycles. The number of imidazole rings is 1. The van der Waals surface area contributed by atoms with Crippen LogP contribution in [0.2, 0.25) is 0 Å². The van der Waals surface area contributed by atoms with Gasteiger partial charge in [0.15, 0.2) is 5.65 Å². The van der Waals surface area contributed by atoms with Gasteiger partial charge in [0.25, 0.3) is 0 Å². The lowest BCUT2D eigenvalue weighted by molar-refractivity contribution is 0.917. The molecule has 0 spiro atoms. The predicted octanol–water partition coefficient (Wildman–Crippen LogP) is 1.90. The first-order valence-corrected chi connectivity index (χ1v) is 5.97. The summed E-state index contributed by atoms with van der Waals surface area (Å²) in [5.74, 6) is 0. The fraction of sp³-hybridized carbons (Fsp3) is 0.143. The van der Waals surface area contributed by atoms with Crippen molar-refractivity contribution in [1.82, 2.24) is 14.6 Å². The molecule has 0 radical (unpaired) electrons. The molecule has 4 heteroatoms. The van der Waals surface area contributed by atoms with Crippen LogP contribution in [0.4, 0.5) is 0 Å². The first-order chi connectivity index (χ1) is 8.86. The van der Waals surface area contributed by atoms with Gasteiger partial charge in [-0.2, -0.15) is 5.10 Å². The molecule has 0 amide bonds. The maximum Gasteiger partial charge on any atom is 0.153 e. The van der Waals surface area contributed by atoms with Gasteiger partial charge in [-0.3, -0.25) is 0 Å². The molecule has 3 rings (SSSR count). The monoisotopic (exact) mass is 238 g/mol. The zero-order valence-corrected chi connectivity index (χ0v) is 9.95. The minimum atomic E-state index is 0.607. The Hall–Kier alpha value is -2.20. The Labute approximate surface area is 105 Å². The molecule has 4 nitrogen and oxygen atoms in total. The fourth-order valence-corrected chi connectivity index (χ4v) is 1.96. The van der Waals surface area contributed by atoms with Crippen molar-refractivity contribution in [3.8, 4) is 11.3 Å². The van der Waals surface area contributed by atoms with Gasteiger partial charge in [0.1, 0.15) is 0 Å². The highest BCUT2D eigenvalue weighted by Gasteiger charge is 2.04. The van der Waals surface area contributed by atoms with Gasteiger partial charge >= 0.3 is 0 Å². The third-order valence-electron chi connectivity index (χ3n) is 2.84. The Morgan fingerprint density at radius 2 is 1.89 bits per heavy atom. The van der Waals surface area contributed by atoms with Crippen molar-refractivity contribution in [3.05, 3.63) is 54.4 Å².